The molecule has 0 aromatic heterocycles. The van der Waals surface area contributed by atoms with E-state index in [9.17, 15) is 4.39 Å². The minimum absolute atomic E-state index is 0.170. The van der Waals surface area contributed by atoms with Crippen LogP contribution < -0.4 is 5.32 Å². The average molecular weight is 320 g/mol. The Morgan fingerprint density at radius 2 is 1.89 bits per heavy atom. The third kappa shape index (κ3) is 2.81. The van der Waals surface area contributed by atoms with Crippen LogP contribution in [0.5, 0.6) is 0 Å². The lowest BCUT2D eigenvalue weighted by atomic mass is 10.1. The fourth-order valence-electron chi connectivity index (χ4n) is 2.56. The molecule has 0 radical (unpaired) electrons. The first kappa shape index (κ1) is 12.7. The van der Waals surface area contributed by atoms with Crippen LogP contribution in [0.25, 0.3) is 0 Å². The summed E-state index contributed by atoms with van der Waals surface area (Å²) in [6.07, 6.45) is 3.60. The number of nitrogens with one attached hydrogen (secondary N) is 1. The SMILES string of the molecule is Fc1ccc(Br)cc1CNc1ccc2c(c1)CCC2. The number of rotatable bonds is 3. The first-order valence-corrected chi connectivity index (χ1v) is 7.31. The lowest BCUT2D eigenvalue weighted by Gasteiger charge is -2.09. The number of anilines is 1. The molecule has 1 aliphatic rings. The maximum Gasteiger partial charge on any atom is 0.128 e. The Morgan fingerprint density at radius 1 is 1.05 bits per heavy atom. The van der Waals surface area contributed by atoms with E-state index >= 15 is 0 Å². The van der Waals surface area contributed by atoms with Crippen molar-refractivity contribution in [3.63, 3.8) is 0 Å². The Labute approximate surface area is 121 Å². The summed E-state index contributed by atoms with van der Waals surface area (Å²) in [5.41, 5.74) is 4.63. The van der Waals surface area contributed by atoms with Crippen LogP contribution in [-0.2, 0) is 19.4 Å². The molecule has 98 valence electrons. The molecule has 1 N–H and O–H groups in total. The number of hydrogen-bond acceptors (Lipinski definition) is 1. The van der Waals surface area contributed by atoms with Crippen LogP contribution in [0.4, 0.5) is 10.1 Å². The van der Waals surface area contributed by atoms with E-state index in [-0.39, 0.29) is 5.82 Å². The summed E-state index contributed by atoms with van der Waals surface area (Å²) < 4.78 is 14.5. The van der Waals surface area contributed by atoms with Gasteiger partial charge in [-0.15, -0.1) is 0 Å². The van der Waals surface area contributed by atoms with Gasteiger partial charge in [-0.3, -0.25) is 0 Å². The number of benzene rings is 2. The maximum atomic E-state index is 13.6. The van der Waals surface area contributed by atoms with Crippen LogP contribution in [0.1, 0.15) is 23.1 Å². The molecule has 19 heavy (non-hydrogen) atoms. The van der Waals surface area contributed by atoms with E-state index in [1.165, 1.54) is 30.0 Å². The summed E-state index contributed by atoms with van der Waals surface area (Å²) in [5, 5.41) is 3.30. The first-order chi connectivity index (χ1) is 9.22. The molecule has 1 aliphatic carbocycles. The third-order valence-corrected chi connectivity index (χ3v) is 4.08. The summed E-state index contributed by atoms with van der Waals surface area (Å²) in [7, 11) is 0. The maximum absolute atomic E-state index is 13.6. The zero-order valence-corrected chi connectivity index (χ0v) is 12.1. The van der Waals surface area contributed by atoms with Crippen molar-refractivity contribution in [3.8, 4) is 0 Å². The van der Waals surface area contributed by atoms with Gasteiger partial charge < -0.3 is 5.32 Å². The molecule has 0 saturated heterocycles. The molecule has 0 unspecified atom stereocenters. The summed E-state index contributed by atoms with van der Waals surface area (Å²) in [6, 6.07) is 11.5. The summed E-state index contributed by atoms with van der Waals surface area (Å²) in [6.45, 7) is 0.504. The highest BCUT2D eigenvalue weighted by Crippen LogP contribution is 2.25. The summed E-state index contributed by atoms with van der Waals surface area (Å²) in [5.74, 6) is -0.170. The molecule has 0 spiro atoms. The normalized spacial score (nSPS) is 13.4. The summed E-state index contributed by atoms with van der Waals surface area (Å²) in [4.78, 5) is 0. The van der Waals surface area contributed by atoms with Gasteiger partial charge in [-0.1, -0.05) is 22.0 Å². The van der Waals surface area contributed by atoms with Gasteiger partial charge in [0.15, 0.2) is 0 Å². The van der Waals surface area contributed by atoms with Gasteiger partial charge in [-0.2, -0.15) is 0 Å². The highest BCUT2D eigenvalue weighted by Gasteiger charge is 2.10. The Morgan fingerprint density at radius 3 is 2.79 bits per heavy atom. The zero-order valence-electron chi connectivity index (χ0n) is 10.5. The lowest BCUT2D eigenvalue weighted by molar-refractivity contribution is 0.612. The van der Waals surface area contributed by atoms with E-state index in [1.807, 2.05) is 6.07 Å². The molecule has 1 nitrogen and oxygen atoms in total. The van der Waals surface area contributed by atoms with Gasteiger partial charge in [0.05, 0.1) is 0 Å². The lowest BCUT2D eigenvalue weighted by Crippen LogP contribution is -2.02. The van der Waals surface area contributed by atoms with Crippen LogP contribution in [0.2, 0.25) is 0 Å². The highest BCUT2D eigenvalue weighted by atomic mass is 79.9. The van der Waals surface area contributed by atoms with Crippen molar-refractivity contribution in [3.05, 3.63) is 63.4 Å². The topological polar surface area (TPSA) is 12.0 Å². The van der Waals surface area contributed by atoms with Crippen LogP contribution in [0, 0.1) is 5.82 Å². The predicted molar refractivity (Wildman–Crippen MR) is 79.9 cm³/mol. The molecule has 2 aromatic rings. The number of aryl methyl sites for hydroxylation is 2. The molecule has 0 aliphatic heterocycles. The standard InChI is InChI=1S/C16H15BrFN/c17-14-5-7-16(18)13(8-14)10-19-15-6-4-11-2-1-3-12(11)9-15/h4-9,19H,1-3,10H2. The molecule has 0 amide bonds. The zero-order chi connectivity index (χ0) is 13.2. The van der Waals surface area contributed by atoms with Crippen LogP contribution in [0.15, 0.2) is 40.9 Å². The molecular weight excluding hydrogens is 305 g/mol. The largest absolute Gasteiger partial charge is 0.381 e. The fourth-order valence-corrected chi connectivity index (χ4v) is 2.97. The predicted octanol–water partition coefficient (Wildman–Crippen LogP) is 4.69. The first-order valence-electron chi connectivity index (χ1n) is 6.52. The molecule has 0 atom stereocenters. The van der Waals surface area contributed by atoms with Crippen LogP contribution in [0.3, 0.4) is 0 Å². The van der Waals surface area contributed by atoms with Crippen molar-refractivity contribution in [2.75, 3.05) is 5.32 Å². The van der Waals surface area contributed by atoms with E-state index in [1.54, 1.807) is 6.07 Å². The molecule has 2 aromatic carbocycles. The Kier molecular flexibility index (Phi) is 3.56. The Balaban J connectivity index is 1.74. The van der Waals surface area contributed by atoms with Crippen molar-refractivity contribution < 1.29 is 4.39 Å². The van der Waals surface area contributed by atoms with E-state index in [2.05, 4.69) is 39.4 Å². The van der Waals surface area contributed by atoms with Crippen molar-refractivity contribution in [1.29, 1.82) is 0 Å². The van der Waals surface area contributed by atoms with Gasteiger partial charge in [0, 0.05) is 22.3 Å². The molecule has 0 saturated carbocycles. The van der Waals surface area contributed by atoms with Gasteiger partial charge >= 0.3 is 0 Å². The minimum Gasteiger partial charge on any atom is -0.381 e. The van der Waals surface area contributed by atoms with Gasteiger partial charge in [-0.25, -0.2) is 4.39 Å². The molecule has 0 bridgehead atoms. The fraction of sp³-hybridized carbons (Fsp3) is 0.250. The van der Waals surface area contributed by atoms with Gasteiger partial charge in [0.2, 0.25) is 0 Å². The second-order valence-electron chi connectivity index (χ2n) is 4.93. The van der Waals surface area contributed by atoms with E-state index < -0.39 is 0 Å². The average Bonchev–Trinajstić information content (AvgIpc) is 2.87. The van der Waals surface area contributed by atoms with Crippen molar-refractivity contribution in [1.82, 2.24) is 0 Å². The quantitative estimate of drug-likeness (QED) is 0.865. The number of hydrogen-bond donors (Lipinski definition) is 1. The Bertz CT molecular complexity index is 610. The van der Waals surface area contributed by atoms with Crippen molar-refractivity contribution in [2.24, 2.45) is 0 Å². The summed E-state index contributed by atoms with van der Waals surface area (Å²) >= 11 is 3.37. The van der Waals surface area contributed by atoms with Gasteiger partial charge in [-0.05, 0) is 60.7 Å². The van der Waals surface area contributed by atoms with Crippen LogP contribution in [-0.4, -0.2) is 0 Å². The van der Waals surface area contributed by atoms with Crippen molar-refractivity contribution in [2.45, 2.75) is 25.8 Å². The monoisotopic (exact) mass is 319 g/mol. The van der Waals surface area contributed by atoms with Crippen LogP contribution >= 0.6 is 15.9 Å². The number of halogens is 2. The Hall–Kier alpha value is -1.35. The molecular formula is C16H15BrFN. The molecule has 3 heteroatoms. The van der Waals surface area contributed by atoms with Crippen molar-refractivity contribution >= 4 is 21.6 Å². The van der Waals surface area contributed by atoms with E-state index in [4.69, 9.17) is 0 Å². The van der Waals surface area contributed by atoms with Gasteiger partial charge in [0.1, 0.15) is 5.82 Å². The van der Waals surface area contributed by atoms with Gasteiger partial charge in [0.25, 0.3) is 0 Å². The molecule has 0 fully saturated rings. The third-order valence-electron chi connectivity index (χ3n) is 3.59. The second-order valence-corrected chi connectivity index (χ2v) is 5.84. The minimum atomic E-state index is -0.170. The molecule has 3 rings (SSSR count). The highest BCUT2D eigenvalue weighted by molar-refractivity contribution is 9.10. The smallest absolute Gasteiger partial charge is 0.128 e. The molecule has 0 heterocycles. The van der Waals surface area contributed by atoms with E-state index in [0.717, 1.165) is 16.6 Å². The van der Waals surface area contributed by atoms with E-state index in [0.29, 0.717) is 12.1 Å². The second kappa shape index (κ2) is 5.33. The number of fused-ring (bicyclic) bond motifs is 1.